The van der Waals surface area contributed by atoms with Crippen LogP contribution in [0.3, 0.4) is 0 Å². The summed E-state index contributed by atoms with van der Waals surface area (Å²) >= 11 is 1.45. The Labute approximate surface area is 153 Å². The van der Waals surface area contributed by atoms with Crippen LogP contribution in [0.25, 0.3) is 21.8 Å². The minimum absolute atomic E-state index is 0.0558. The summed E-state index contributed by atoms with van der Waals surface area (Å²) in [5.41, 5.74) is 3.46. The van der Waals surface area contributed by atoms with Crippen molar-refractivity contribution in [2.75, 3.05) is 7.11 Å². The molecule has 7 heteroatoms. The monoisotopic (exact) mass is 365 g/mol. The quantitative estimate of drug-likeness (QED) is 0.717. The van der Waals surface area contributed by atoms with Gasteiger partial charge in [-0.3, -0.25) is 9.59 Å². The molecule has 0 aliphatic carbocycles. The molecule has 3 rings (SSSR count). The number of rotatable bonds is 4. The Hall–Kier alpha value is -3.24. The number of hydrogen-bond donors (Lipinski definition) is 1. The van der Waals surface area contributed by atoms with Gasteiger partial charge in [0, 0.05) is 22.2 Å². The normalized spacial score (nSPS) is 10.3. The molecule has 0 amide bonds. The fourth-order valence-corrected chi connectivity index (χ4v) is 3.37. The van der Waals surface area contributed by atoms with Gasteiger partial charge in [0.15, 0.2) is 0 Å². The first-order chi connectivity index (χ1) is 12.5. The lowest BCUT2D eigenvalue weighted by Crippen LogP contribution is -2.11. The SMILES string of the molecule is COC(=O)Cc1cccc(-c2nc(-c3cc(C#N)c(=O)[nH]c3C)cs2)c1. The lowest BCUT2D eigenvalue weighted by Gasteiger charge is -2.04. The van der Waals surface area contributed by atoms with Crippen molar-refractivity contribution >= 4 is 17.3 Å². The first-order valence-electron chi connectivity index (χ1n) is 7.78. The summed E-state index contributed by atoms with van der Waals surface area (Å²) in [7, 11) is 1.36. The first kappa shape index (κ1) is 17.6. The maximum atomic E-state index is 11.7. The van der Waals surface area contributed by atoms with Gasteiger partial charge >= 0.3 is 5.97 Å². The zero-order valence-corrected chi connectivity index (χ0v) is 15.0. The second-order valence-electron chi connectivity index (χ2n) is 5.65. The number of pyridine rings is 1. The van der Waals surface area contributed by atoms with Crippen molar-refractivity contribution < 1.29 is 9.53 Å². The molecule has 0 atom stereocenters. The molecule has 2 aromatic heterocycles. The molecule has 130 valence electrons. The van der Waals surface area contributed by atoms with E-state index in [0.29, 0.717) is 11.4 Å². The van der Waals surface area contributed by atoms with Crippen LogP contribution in [0, 0.1) is 18.3 Å². The molecule has 0 saturated heterocycles. The van der Waals surface area contributed by atoms with Gasteiger partial charge in [-0.1, -0.05) is 18.2 Å². The Morgan fingerprint density at radius 2 is 2.19 bits per heavy atom. The summed E-state index contributed by atoms with van der Waals surface area (Å²) in [4.78, 5) is 30.5. The van der Waals surface area contributed by atoms with Gasteiger partial charge in [0.05, 0.1) is 19.2 Å². The Bertz CT molecular complexity index is 1080. The van der Waals surface area contributed by atoms with Gasteiger partial charge in [-0.05, 0) is 24.6 Å². The van der Waals surface area contributed by atoms with E-state index in [0.717, 1.165) is 21.7 Å². The van der Waals surface area contributed by atoms with Crippen LogP contribution in [-0.2, 0) is 16.0 Å². The molecule has 0 saturated carbocycles. The van der Waals surface area contributed by atoms with E-state index in [9.17, 15) is 9.59 Å². The highest BCUT2D eigenvalue weighted by molar-refractivity contribution is 7.13. The smallest absolute Gasteiger partial charge is 0.309 e. The summed E-state index contributed by atoms with van der Waals surface area (Å²) in [6.07, 6.45) is 0.202. The summed E-state index contributed by atoms with van der Waals surface area (Å²) in [5.74, 6) is -0.296. The number of esters is 1. The van der Waals surface area contributed by atoms with Crippen molar-refractivity contribution in [3.8, 4) is 27.9 Å². The van der Waals surface area contributed by atoms with Crippen LogP contribution in [0.5, 0.6) is 0 Å². The lowest BCUT2D eigenvalue weighted by molar-refractivity contribution is -0.139. The lowest BCUT2D eigenvalue weighted by atomic mass is 10.1. The summed E-state index contributed by atoms with van der Waals surface area (Å²) in [6, 6.07) is 11.0. The van der Waals surface area contributed by atoms with Crippen LogP contribution < -0.4 is 5.56 Å². The number of ether oxygens (including phenoxy) is 1. The van der Waals surface area contributed by atoms with Crippen LogP contribution in [0.1, 0.15) is 16.8 Å². The highest BCUT2D eigenvalue weighted by Gasteiger charge is 2.13. The van der Waals surface area contributed by atoms with Crippen molar-refractivity contribution in [3.63, 3.8) is 0 Å². The van der Waals surface area contributed by atoms with E-state index >= 15 is 0 Å². The molecular weight excluding hydrogens is 350 g/mol. The standard InChI is InChI=1S/C19H15N3O3S/c1-11-15(8-14(9-20)18(24)21-11)16-10-26-19(22-16)13-5-3-4-12(6-13)7-17(23)25-2/h3-6,8,10H,7H2,1-2H3,(H,21,24). The predicted octanol–water partition coefficient (Wildman–Crippen LogP) is 3.06. The van der Waals surface area contributed by atoms with Crippen LogP contribution in [0.15, 0.2) is 40.5 Å². The number of aromatic nitrogens is 2. The van der Waals surface area contributed by atoms with Crippen molar-refractivity contribution in [1.82, 2.24) is 9.97 Å². The van der Waals surface area contributed by atoms with E-state index in [2.05, 4.69) is 9.97 Å². The van der Waals surface area contributed by atoms with Gasteiger partial charge in [0.25, 0.3) is 5.56 Å². The molecule has 0 radical (unpaired) electrons. The zero-order valence-electron chi connectivity index (χ0n) is 14.2. The molecule has 2 heterocycles. The Balaban J connectivity index is 1.97. The van der Waals surface area contributed by atoms with E-state index in [1.54, 1.807) is 13.0 Å². The summed E-state index contributed by atoms with van der Waals surface area (Å²) in [5, 5.41) is 11.7. The van der Waals surface area contributed by atoms with Crippen molar-refractivity contribution in [1.29, 1.82) is 5.26 Å². The largest absolute Gasteiger partial charge is 0.469 e. The molecular formula is C19H15N3O3S. The number of aromatic amines is 1. The fraction of sp³-hybridized carbons (Fsp3) is 0.158. The average Bonchev–Trinajstić information content (AvgIpc) is 3.12. The number of carbonyl (C=O) groups is 1. The average molecular weight is 365 g/mol. The number of methoxy groups -OCH3 is 1. The minimum atomic E-state index is -0.403. The van der Waals surface area contributed by atoms with Crippen LogP contribution >= 0.6 is 11.3 Å². The van der Waals surface area contributed by atoms with Crippen LogP contribution in [-0.4, -0.2) is 23.0 Å². The van der Waals surface area contributed by atoms with Gasteiger partial charge < -0.3 is 9.72 Å². The molecule has 26 heavy (non-hydrogen) atoms. The Morgan fingerprint density at radius 1 is 1.38 bits per heavy atom. The number of aryl methyl sites for hydroxylation is 1. The molecule has 0 spiro atoms. The molecule has 0 aliphatic heterocycles. The molecule has 0 bridgehead atoms. The van der Waals surface area contributed by atoms with Gasteiger partial charge in [-0.25, -0.2) is 4.98 Å². The minimum Gasteiger partial charge on any atom is -0.469 e. The zero-order chi connectivity index (χ0) is 18.7. The number of benzene rings is 1. The number of nitrogens with zero attached hydrogens (tertiary/aromatic N) is 2. The topological polar surface area (TPSA) is 95.8 Å². The van der Waals surface area contributed by atoms with Gasteiger partial charge in [-0.15, -0.1) is 11.3 Å². The Kier molecular flexibility index (Phi) is 4.96. The van der Waals surface area contributed by atoms with Gasteiger partial charge in [0.1, 0.15) is 16.6 Å². The van der Waals surface area contributed by atoms with E-state index in [1.165, 1.54) is 18.4 Å². The molecule has 0 aliphatic rings. The van der Waals surface area contributed by atoms with Crippen molar-refractivity contribution in [2.24, 2.45) is 0 Å². The molecule has 3 aromatic rings. The van der Waals surface area contributed by atoms with E-state index in [4.69, 9.17) is 10.00 Å². The fourth-order valence-electron chi connectivity index (χ4n) is 2.56. The Morgan fingerprint density at radius 3 is 2.92 bits per heavy atom. The number of carbonyl (C=O) groups excluding carboxylic acids is 1. The highest BCUT2D eigenvalue weighted by Crippen LogP contribution is 2.30. The third kappa shape index (κ3) is 3.55. The van der Waals surface area contributed by atoms with E-state index < -0.39 is 5.56 Å². The number of thiazole rings is 1. The van der Waals surface area contributed by atoms with Gasteiger partial charge in [-0.2, -0.15) is 5.26 Å². The van der Waals surface area contributed by atoms with Crippen molar-refractivity contribution in [3.05, 3.63) is 62.9 Å². The van der Waals surface area contributed by atoms with E-state index in [-0.39, 0.29) is 18.0 Å². The number of nitriles is 1. The van der Waals surface area contributed by atoms with Crippen LogP contribution in [0.2, 0.25) is 0 Å². The molecule has 0 fully saturated rings. The predicted molar refractivity (Wildman–Crippen MR) is 98.8 cm³/mol. The summed E-state index contributed by atoms with van der Waals surface area (Å²) in [6.45, 7) is 1.77. The molecule has 6 nitrogen and oxygen atoms in total. The highest BCUT2D eigenvalue weighted by atomic mass is 32.1. The molecule has 1 aromatic carbocycles. The maximum Gasteiger partial charge on any atom is 0.309 e. The van der Waals surface area contributed by atoms with Gasteiger partial charge in [0.2, 0.25) is 0 Å². The number of H-pyrrole nitrogens is 1. The molecule has 1 N–H and O–H groups in total. The van der Waals surface area contributed by atoms with E-state index in [1.807, 2.05) is 35.7 Å². The maximum absolute atomic E-state index is 11.7. The summed E-state index contributed by atoms with van der Waals surface area (Å²) < 4.78 is 4.70. The first-order valence-corrected chi connectivity index (χ1v) is 8.66. The van der Waals surface area contributed by atoms with Crippen LogP contribution in [0.4, 0.5) is 0 Å². The second kappa shape index (κ2) is 7.33. The third-order valence-corrected chi connectivity index (χ3v) is 4.78. The number of nitrogens with one attached hydrogen (secondary N) is 1. The van der Waals surface area contributed by atoms with Crippen molar-refractivity contribution in [2.45, 2.75) is 13.3 Å². The number of hydrogen-bond acceptors (Lipinski definition) is 6. The second-order valence-corrected chi connectivity index (χ2v) is 6.51. The molecule has 0 unspecified atom stereocenters. The third-order valence-electron chi connectivity index (χ3n) is 3.89.